The molecule has 18 heavy (non-hydrogen) atoms. The van der Waals surface area contributed by atoms with Gasteiger partial charge >= 0.3 is 0 Å². The van der Waals surface area contributed by atoms with E-state index in [1.165, 1.54) is 30.2 Å². The second kappa shape index (κ2) is 5.54. The highest BCUT2D eigenvalue weighted by Gasteiger charge is 2.08. The van der Waals surface area contributed by atoms with Gasteiger partial charge in [-0.1, -0.05) is 17.8 Å². The first-order valence-electron chi connectivity index (χ1n) is 5.05. The van der Waals surface area contributed by atoms with E-state index in [0.29, 0.717) is 22.9 Å². The lowest BCUT2D eigenvalue weighted by Gasteiger charge is -1.95. The van der Waals surface area contributed by atoms with Crippen LogP contribution in [0, 0.1) is 5.82 Å². The van der Waals surface area contributed by atoms with Crippen LogP contribution < -0.4 is 11.6 Å². The summed E-state index contributed by atoms with van der Waals surface area (Å²) >= 11 is 1.25. The van der Waals surface area contributed by atoms with Crippen LogP contribution in [0.1, 0.15) is 5.69 Å². The molecule has 0 bridgehead atoms. The minimum absolute atomic E-state index is 0.269. The lowest BCUT2D eigenvalue weighted by molar-refractivity contribution is 0.571. The highest BCUT2D eigenvalue weighted by atomic mass is 32.2. The van der Waals surface area contributed by atoms with Gasteiger partial charge in [0.25, 0.3) is 0 Å². The van der Waals surface area contributed by atoms with Crippen molar-refractivity contribution >= 4 is 16.9 Å². The summed E-state index contributed by atoms with van der Waals surface area (Å²) in [5, 5.41) is 3.60. The molecule has 2 rings (SSSR count). The van der Waals surface area contributed by atoms with Crippen molar-refractivity contribution in [3.05, 3.63) is 42.0 Å². The maximum Gasteiger partial charge on any atom is 0.226 e. The Morgan fingerprint density at radius 3 is 3.06 bits per heavy atom. The summed E-state index contributed by atoms with van der Waals surface area (Å²) < 4.78 is 18.3. The third-order valence-corrected chi connectivity index (χ3v) is 2.96. The highest BCUT2D eigenvalue weighted by Crippen LogP contribution is 2.21. The summed E-state index contributed by atoms with van der Waals surface area (Å²) in [6.07, 6.45) is 1.50. The second-order valence-corrected chi connectivity index (χ2v) is 4.41. The second-order valence-electron chi connectivity index (χ2n) is 3.41. The molecule has 5 nitrogen and oxygen atoms in total. The summed E-state index contributed by atoms with van der Waals surface area (Å²) in [7, 11) is 0. The van der Waals surface area contributed by atoms with Gasteiger partial charge in [-0.05, 0) is 18.2 Å². The Labute approximate surface area is 107 Å². The molecule has 0 unspecified atom stereocenters. The van der Waals surface area contributed by atoms with Crippen LogP contribution in [0.4, 0.5) is 4.39 Å². The smallest absolute Gasteiger partial charge is 0.226 e. The summed E-state index contributed by atoms with van der Waals surface area (Å²) in [5.74, 6) is 5.53. The van der Waals surface area contributed by atoms with Crippen LogP contribution >= 0.6 is 11.8 Å². The Morgan fingerprint density at radius 2 is 2.33 bits per heavy atom. The molecule has 0 amide bonds. The molecule has 0 atom stereocenters. The number of nitrogens with two attached hydrogens (primary N) is 2. The molecule has 0 radical (unpaired) electrons. The molecule has 0 saturated heterocycles. The summed E-state index contributed by atoms with van der Waals surface area (Å²) in [6.45, 7) is 0. The zero-order valence-electron chi connectivity index (χ0n) is 9.34. The Morgan fingerprint density at radius 1 is 1.50 bits per heavy atom. The van der Waals surface area contributed by atoms with Crippen molar-refractivity contribution in [1.82, 2.24) is 4.98 Å². The maximum absolute atomic E-state index is 13.0. The van der Waals surface area contributed by atoms with E-state index in [9.17, 15) is 4.39 Å². The highest BCUT2D eigenvalue weighted by molar-refractivity contribution is 8.13. The average Bonchev–Trinajstić information content (AvgIpc) is 2.84. The van der Waals surface area contributed by atoms with E-state index in [1.807, 2.05) is 0 Å². The van der Waals surface area contributed by atoms with Gasteiger partial charge in [-0.25, -0.2) is 9.37 Å². The van der Waals surface area contributed by atoms with E-state index >= 15 is 0 Å². The molecule has 7 heteroatoms. The minimum atomic E-state index is -0.332. The van der Waals surface area contributed by atoms with Crippen LogP contribution in [0.2, 0.25) is 0 Å². The summed E-state index contributed by atoms with van der Waals surface area (Å²) in [6, 6.07) is 6.05. The van der Waals surface area contributed by atoms with E-state index in [2.05, 4.69) is 10.1 Å². The van der Waals surface area contributed by atoms with Gasteiger partial charge in [0.1, 0.15) is 12.1 Å². The number of amidine groups is 1. The zero-order chi connectivity index (χ0) is 13.0. The topological polar surface area (TPSA) is 90.4 Å². The van der Waals surface area contributed by atoms with Crippen molar-refractivity contribution in [2.24, 2.45) is 16.7 Å². The number of hydrogen-bond acceptors (Lipinski definition) is 5. The minimum Gasteiger partial charge on any atom is -0.444 e. The van der Waals surface area contributed by atoms with Crippen molar-refractivity contribution in [3.8, 4) is 11.5 Å². The molecule has 0 fully saturated rings. The van der Waals surface area contributed by atoms with Crippen LogP contribution in [-0.2, 0) is 5.75 Å². The van der Waals surface area contributed by atoms with Gasteiger partial charge in [-0.15, -0.1) is 0 Å². The molecular formula is C11H11FN4OS. The fraction of sp³-hybridized carbons (Fsp3) is 0.0909. The molecule has 4 N–H and O–H groups in total. The van der Waals surface area contributed by atoms with Crippen LogP contribution in [0.15, 0.2) is 40.0 Å². The number of thioether (sulfide) groups is 1. The van der Waals surface area contributed by atoms with Crippen molar-refractivity contribution in [3.63, 3.8) is 0 Å². The molecule has 0 aliphatic heterocycles. The zero-order valence-corrected chi connectivity index (χ0v) is 10.2. The number of nitrogens with zero attached hydrogens (tertiary/aromatic N) is 2. The largest absolute Gasteiger partial charge is 0.444 e. The molecule has 0 saturated carbocycles. The van der Waals surface area contributed by atoms with Gasteiger partial charge in [0.05, 0.1) is 5.69 Å². The Balaban J connectivity index is 2.11. The predicted octanol–water partition coefficient (Wildman–Crippen LogP) is 1.90. The number of aromatic nitrogens is 1. The first-order valence-corrected chi connectivity index (χ1v) is 6.04. The van der Waals surface area contributed by atoms with E-state index < -0.39 is 0 Å². The summed E-state index contributed by atoms with van der Waals surface area (Å²) in [4.78, 5) is 4.22. The van der Waals surface area contributed by atoms with E-state index in [4.69, 9.17) is 16.0 Å². The van der Waals surface area contributed by atoms with Gasteiger partial charge in [0.2, 0.25) is 5.89 Å². The fourth-order valence-electron chi connectivity index (χ4n) is 1.31. The first kappa shape index (κ1) is 12.4. The standard InChI is InChI=1S/C11H11FN4OS/c12-8-3-1-2-7(4-8)10-15-9(5-17-10)6-18-11(13)16-14/h1-5H,6,14H2,(H2,13,16). The van der Waals surface area contributed by atoms with Crippen LogP contribution in [0.5, 0.6) is 0 Å². The molecule has 1 aromatic carbocycles. The number of benzene rings is 1. The van der Waals surface area contributed by atoms with Crippen LogP contribution in [-0.4, -0.2) is 10.2 Å². The van der Waals surface area contributed by atoms with E-state index in [0.717, 1.165) is 0 Å². The molecule has 0 aliphatic rings. The Hall–Kier alpha value is -2.02. The van der Waals surface area contributed by atoms with Gasteiger partial charge < -0.3 is 16.0 Å². The van der Waals surface area contributed by atoms with Gasteiger partial charge in [0, 0.05) is 11.3 Å². The third-order valence-electron chi connectivity index (χ3n) is 2.12. The Kier molecular flexibility index (Phi) is 3.83. The number of hydrazone groups is 1. The molecule has 94 valence electrons. The molecule has 1 aromatic heterocycles. The van der Waals surface area contributed by atoms with Crippen LogP contribution in [0.3, 0.4) is 0 Å². The predicted molar refractivity (Wildman–Crippen MR) is 69.0 cm³/mol. The monoisotopic (exact) mass is 266 g/mol. The third kappa shape index (κ3) is 3.01. The average molecular weight is 266 g/mol. The quantitative estimate of drug-likeness (QED) is 0.383. The number of hydrogen-bond donors (Lipinski definition) is 2. The molecule has 2 aromatic rings. The molecule has 0 spiro atoms. The molecule has 1 heterocycles. The van der Waals surface area contributed by atoms with Crippen molar-refractivity contribution < 1.29 is 8.81 Å². The first-order chi connectivity index (χ1) is 8.69. The molecule has 0 aliphatic carbocycles. The van der Waals surface area contributed by atoms with Crippen molar-refractivity contribution in [2.75, 3.05) is 0 Å². The number of oxazole rings is 1. The SMILES string of the molecule is NN=C(N)SCc1coc(-c2cccc(F)c2)n1. The number of rotatable bonds is 3. The van der Waals surface area contributed by atoms with E-state index in [-0.39, 0.29) is 11.0 Å². The van der Waals surface area contributed by atoms with Crippen molar-refractivity contribution in [2.45, 2.75) is 5.75 Å². The maximum atomic E-state index is 13.0. The van der Waals surface area contributed by atoms with Gasteiger partial charge in [-0.2, -0.15) is 5.10 Å². The van der Waals surface area contributed by atoms with Gasteiger partial charge in [0.15, 0.2) is 5.17 Å². The summed E-state index contributed by atoms with van der Waals surface area (Å²) in [5.41, 5.74) is 6.71. The van der Waals surface area contributed by atoms with Gasteiger partial charge in [-0.3, -0.25) is 0 Å². The Bertz CT molecular complexity index is 570. The van der Waals surface area contributed by atoms with Crippen molar-refractivity contribution in [1.29, 1.82) is 0 Å². The lowest BCUT2D eigenvalue weighted by Crippen LogP contribution is -2.09. The lowest BCUT2D eigenvalue weighted by atomic mass is 10.2. The fourth-order valence-corrected chi connectivity index (χ4v) is 1.82. The number of halogens is 1. The van der Waals surface area contributed by atoms with Crippen LogP contribution in [0.25, 0.3) is 11.5 Å². The molecular weight excluding hydrogens is 255 g/mol. The normalized spacial score (nSPS) is 11.7. The van der Waals surface area contributed by atoms with E-state index in [1.54, 1.807) is 12.1 Å².